The van der Waals surface area contributed by atoms with Gasteiger partial charge in [0.1, 0.15) is 0 Å². The van der Waals surface area contributed by atoms with Gasteiger partial charge in [-0.1, -0.05) is 32.0 Å². The highest BCUT2D eigenvalue weighted by Crippen LogP contribution is 2.28. The molecular formula is C14H20N2. The average Bonchev–Trinajstić information content (AvgIpc) is 2.65. The van der Waals surface area contributed by atoms with E-state index in [9.17, 15) is 0 Å². The second-order valence-electron chi connectivity index (χ2n) is 4.61. The molecule has 0 saturated heterocycles. The van der Waals surface area contributed by atoms with Gasteiger partial charge in [0, 0.05) is 16.6 Å². The minimum absolute atomic E-state index is 0.542. The van der Waals surface area contributed by atoms with Crippen LogP contribution in [0.2, 0.25) is 0 Å². The molecule has 0 spiro atoms. The lowest BCUT2D eigenvalue weighted by Gasteiger charge is -2.07. The van der Waals surface area contributed by atoms with E-state index in [-0.39, 0.29) is 0 Å². The Labute approximate surface area is 96.9 Å². The molecule has 0 fully saturated rings. The second kappa shape index (κ2) is 4.71. The summed E-state index contributed by atoms with van der Waals surface area (Å²) in [5, 5.41) is 1.36. The molecule has 16 heavy (non-hydrogen) atoms. The van der Waals surface area contributed by atoms with Crippen molar-refractivity contribution in [1.82, 2.24) is 4.98 Å². The van der Waals surface area contributed by atoms with Crippen molar-refractivity contribution in [2.75, 3.05) is 6.54 Å². The number of rotatable bonds is 4. The highest BCUT2D eigenvalue weighted by Gasteiger charge is 2.12. The first-order valence-corrected chi connectivity index (χ1v) is 6.03. The Morgan fingerprint density at radius 1 is 1.25 bits per heavy atom. The first-order valence-electron chi connectivity index (χ1n) is 6.03. The lowest BCUT2D eigenvalue weighted by atomic mass is 10.00. The van der Waals surface area contributed by atoms with Crippen LogP contribution < -0.4 is 5.73 Å². The summed E-state index contributed by atoms with van der Waals surface area (Å²) in [7, 11) is 0. The summed E-state index contributed by atoms with van der Waals surface area (Å²) in [6.07, 6.45) is 2.13. The molecule has 0 aliphatic heterocycles. The van der Waals surface area contributed by atoms with Crippen molar-refractivity contribution in [3.63, 3.8) is 0 Å². The first kappa shape index (κ1) is 11.2. The largest absolute Gasteiger partial charge is 0.358 e. The number of fused-ring (bicyclic) bond motifs is 1. The lowest BCUT2D eigenvalue weighted by molar-refractivity contribution is 0.781. The summed E-state index contributed by atoms with van der Waals surface area (Å²) in [5.41, 5.74) is 9.68. The second-order valence-corrected chi connectivity index (χ2v) is 4.61. The van der Waals surface area contributed by atoms with Crippen molar-refractivity contribution in [2.24, 2.45) is 5.73 Å². The molecule has 3 N–H and O–H groups in total. The van der Waals surface area contributed by atoms with Gasteiger partial charge in [-0.05, 0) is 36.9 Å². The van der Waals surface area contributed by atoms with Gasteiger partial charge in [0.25, 0.3) is 0 Å². The molecule has 0 unspecified atom stereocenters. The van der Waals surface area contributed by atoms with Gasteiger partial charge in [0.2, 0.25) is 0 Å². The third-order valence-corrected chi connectivity index (χ3v) is 3.05. The van der Waals surface area contributed by atoms with E-state index in [2.05, 4.69) is 43.1 Å². The van der Waals surface area contributed by atoms with Crippen LogP contribution in [0.1, 0.15) is 37.4 Å². The number of aromatic amines is 1. The Kier molecular flexibility index (Phi) is 3.30. The van der Waals surface area contributed by atoms with Crippen LogP contribution >= 0.6 is 0 Å². The highest BCUT2D eigenvalue weighted by molar-refractivity contribution is 5.84. The molecule has 0 aliphatic carbocycles. The van der Waals surface area contributed by atoms with Gasteiger partial charge in [-0.2, -0.15) is 0 Å². The summed E-state index contributed by atoms with van der Waals surface area (Å²) < 4.78 is 0. The van der Waals surface area contributed by atoms with E-state index >= 15 is 0 Å². The van der Waals surface area contributed by atoms with Crippen LogP contribution in [0.5, 0.6) is 0 Å². The van der Waals surface area contributed by atoms with E-state index in [1.54, 1.807) is 0 Å². The maximum absolute atomic E-state index is 5.61. The van der Waals surface area contributed by atoms with Crippen LogP contribution in [0.3, 0.4) is 0 Å². The van der Waals surface area contributed by atoms with E-state index in [0.717, 1.165) is 19.4 Å². The molecule has 0 atom stereocenters. The zero-order chi connectivity index (χ0) is 11.5. The van der Waals surface area contributed by atoms with Gasteiger partial charge >= 0.3 is 0 Å². The number of benzene rings is 1. The fraction of sp³-hybridized carbons (Fsp3) is 0.429. The number of aromatic nitrogens is 1. The van der Waals surface area contributed by atoms with E-state index in [4.69, 9.17) is 5.73 Å². The molecule has 0 saturated carbocycles. The zero-order valence-electron chi connectivity index (χ0n) is 10.1. The van der Waals surface area contributed by atoms with Crippen LogP contribution in [0, 0.1) is 0 Å². The number of hydrogen-bond donors (Lipinski definition) is 2. The zero-order valence-corrected chi connectivity index (χ0v) is 10.1. The molecule has 0 bridgehead atoms. The Morgan fingerprint density at radius 2 is 2.00 bits per heavy atom. The van der Waals surface area contributed by atoms with Crippen molar-refractivity contribution in [2.45, 2.75) is 32.6 Å². The Morgan fingerprint density at radius 3 is 2.69 bits per heavy atom. The van der Waals surface area contributed by atoms with Gasteiger partial charge in [-0.15, -0.1) is 0 Å². The number of para-hydroxylation sites is 1. The van der Waals surface area contributed by atoms with Crippen molar-refractivity contribution >= 4 is 10.9 Å². The Balaban J connectivity index is 2.51. The van der Waals surface area contributed by atoms with Crippen LogP contribution in [0.25, 0.3) is 10.9 Å². The molecule has 1 aromatic heterocycles. The highest BCUT2D eigenvalue weighted by atomic mass is 14.7. The summed E-state index contributed by atoms with van der Waals surface area (Å²) in [4.78, 5) is 3.53. The predicted molar refractivity (Wildman–Crippen MR) is 69.8 cm³/mol. The fourth-order valence-electron chi connectivity index (χ4n) is 2.26. The maximum Gasteiger partial charge on any atom is 0.0459 e. The molecule has 0 aliphatic rings. The first-order chi connectivity index (χ1) is 7.74. The molecular weight excluding hydrogens is 196 g/mol. The number of nitrogens with one attached hydrogen (secondary N) is 1. The third kappa shape index (κ3) is 1.98. The smallest absolute Gasteiger partial charge is 0.0459 e. The SMILES string of the molecule is CC(C)c1[nH]c2ccccc2c1CCCN. The topological polar surface area (TPSA) is 41.8 Å². The Hall–Kier alpha value is -1.28. The van der Waals surface area contributed by atoms with Crippen molar-refractivity contribution < 1.29 is 0 Å². The van der Waals surface area contributed by atoms with Crippen LogP contribution in [0.4, 0.5) is 0 Å². The van der Waals surface area contributed by atoms with Crippen LogP contribution in [0.15, 0.2) is 24.3 Å². The minimum atomic E-state index is 0.542. The van der Waals surface area contributed by atoms with Crippen LogP contribution in [-0.4, -0.2) is 11.5 Å². The number of aryl methyl sites for hydroxylation is 1. The Bertz CT molecular complexity index is 469. The molecule has 0 amide bonds. The normalized spacial score (nSPS) is 11.5. The number of hydrogen-bond acceptors (Lipinski definition) is 1. The maximum atomic E-state index is 5.61. The van der Waals surface area contributed by atoms with Gasteiger partial charge in [-0.3, -0.25) is 0 Å². The summed E-state index contributed by atoms with van der Waals surface area (Å²) in [5.74, 6) is 0.542. The molecule has 2 nitrogen and oxygen atoms in total. The quantitative estimate of drug-likeness (QED) is 0.809. The monoisotopic (exact) mass is 216 g/mol. The molecule has 2 heteroatoms. The molecule has 0 radical (unpaired) electrons. The lowest BCUT2D eigenvalue weighted by Crippen LogP contribution is -2.02. The van der Waals surface area contributed by atoms with Gasteiger partial charge in [0.05, 0.1) is 0 Å². The molecule has 2 rings (SSSR count). The molecule has 86 valence electrons. The van der Waals surface area contributed by atoms with Crippen molar-refractivity contribution in [3.8, 4) is 0 Å². The summed E-state index contributed by atoms with van der Waals surface area (Å²) in [6.45, 7) is 5.23. The van der Waals surface area contributed by atoms with E-state index in [1.165, 1.54) is 22.2 Å². The van der Waals surface area contributed by atoms with Gasteiger partial charge in [-0.25, -0.2) is 0 Å². The predicted octanol–water partition coefficient (Wildman–Crippen LogP) is 3.18. The number of H-pyrrole nitrogens is 1. The summed E-state index contributed by atoms with van der Waals surface area (Å²) >= 11 is 0. The molecule has 1 aromatic carbocycles. The van der Waals surface area contributed by atoms with E-state index < -0.39 is 0 Å². The number of nitrogens with two attached hydrogens (primary N) is 1. The molecule has 1 heterocycles. The van der Waals surface area contributed by atoms with Crippen molar-refractivity contribution in [3.05, 3.63) is 35.5 Å². The van der Waals surface area contributed by atoms with Crippen LogP contribution in [-0.2, 0) is 6.42 Å². The third-order valence-electron chi connectivity index (χ3n) is 3.05. The molecule has 2 aromatic rings. The summed E-state index contributed by atoms with van der Waals surface area (Å²) in [6, 6.07) is 8.53. The fourth-order valence-corrected chi connectivity index (χ4v) is 2.26. The standard InChI is InChI=1S/C14H20N2/c1-10(2)14-12(7-5-9-15)11-6-3-4-8-13(11)16-14/h3-4,6,8,10,16H,5,7,9,15H2,1-2H3. The van der Waals surface area contributed by atoms with E-state index in [1.807, 2.05) is 0 Å². The van der Waals surface area contributed by atoms with E-state index in [0.29, 0.717) is 5.92 Å². The average molecular weight is 216 g/mol. The van der Waals surface area contributed by atoms with Gasteiger partial charge in [0.15, 0.2) is 0 Å². The minimum Gasteiger partial charge on any atom is -0.358 e. The van der Waals surface area contributed by atoms with Gasteiger partial charge < -0.3 is 10.7 Å². The van der Waals surface area contributed by atoms with Crippen molar-refractivity contribution in [1.29, 1.82) is 0 Å².